The Balaban J connectivity index is 1.27. The minimum absolute atomic E-state index is 0.0615. The molecule has 2 fully saturated rings. The van der Waals surface area contributed by atoms with Crippen molar-refractivity contribution >= 4 is 6.03 Å². The lowest BCUT2D eigenvalue weighted by Gasteiger charge is -2.32. The maximum atomic E-state index is 12.2. The molecule has 3 heterocycles. The standard InChI is InChI=1S/C19H25N5O/c25-19(22-17-9-13-23-11-2-1-4-18(17)23)20-14-15-5-7-16(8-6-15)24-12-3-10-21-24/h3,5-8,10,12,17-18H,1-2,4,9,11,13-14H2,(H2,20,22,25)/t17-,18-/m1/s1. The highest BCUT2D eigenvalue weighted by molar-refractivity contribution is 5.74. The molecule has 6 heteroatoms. The van der Waals surface area contributed by atoms with E-state index in [-0.39, 0.29) is 6.03 Å². The first-order valence-corrected chi connectivity index (χ1v) is 9.17. The number of fused-ring (bicyclic) bond motifs is 1. The van der Waals surface area contributed by atoms with E-state index in [4.69, 9.17) is 0 Å². The van der Waals surface area contributed by atoms with Crippen molar-refractivity contribution in [1.82, 2.24) is 25.3 Å². The van der Waals surface area contributed by atoms with Gasteiger partial charge in [-0.05, 0) is 49.6 Å². The molecule has 2 N–H and O–H groups in total. The molecule has 25 heavy (non-hydrogen) atoms. The molecule has 0 radical (unpaired) electrons. The fraction of sp³-hybridized carbons (Fsp3) is 0.474. The number of rotatable bonds is 4. The Bertz CT molecular complexity index is 697. The van der Waals surface area contributed by atoms with Gasteiger partial charge in [-0.1, -0.05) is 18.6 Å². The Hall–Kier alpha value is -2.34. The number of aromatic nitrogens is 2. The summed E-state index contributed by atoms with van der Waals surface area (Å²) in [6.07, 6.45) is 8.52. The Kier molecular flexibility index (Phi) is 4.70. The molecule has 132 valence electrons. The molecule has 2 saturated heterocycles. The maximum Gasteiger partial charge on any atom is 0.315 e. The quantitative estimate of drug-likeness (QED) is 0.898. The van der Waals surface area contributed by atoms with E-state index in [0.717, 1.165) is 24.2 Å². The van der Waals surface area contributed by atoms with Crippen LogP contribution in [-0.4, -0.2) is 45.9 Å². The van der Waals surface area contributed by atoms with Crippen LogP contribution >= 0.6 is 0 Å². The van der Waals surface area contributed by atoms with Gasteiger partial charge in [-0.15, -0.1) is 0 Å². The number of urea groups is 1. The van der Waals surface area contributed by atoms with Crippen molar-refractivity contribution in [3.63, 3.8) is 0 Å². The summed E-state index contributed by atoms with van der Waals surface area (Å²) in [7, 11) is 0. The molecule has 6 nitrogen and oxygen atoms in total. The van der Waals surface area contributed by atoms with E-state index in [2.05, 4.69) is 20.6 Å². The second-order valence-electron chi connectivity index (χ2n) is 6.94. The van der Waals surface area contributed by atoms with Crippen LogP contribution in [0.5, 0.6) is 0 Å². The van der Waals surface area contributed by atoms with Crippen LogP contribution in [0, 0.1) is 0 Å². The number of carbonyl (C=O) groups excluding carboxylic acids is 1. The summed E-state index contributed by atoms with van der Waals surface area (Å²) in [5.74, 6) is 0. The van der Waals surface area contributed by atoms with E-state index in [1.165, 1.54) is 25.8 Å². The van der Waals surface area contributed by atoms with Gasteiger partial charge in [0.1, 0.15) is 0 Å². The Morgan fingerprint density at radius 1 is 1.16 bits per heavy atom. The molecule has 2 atom stereocenters. The first kappa shape index (κ1) is 16.1. The maximum absolute atomic E-state index is 12.2. The molecule has 2 aliphatic rings. The average molecular weight is 339 g/mol. The molecule has 0 aliphatic carbocycles. The molecule has 2 amide bonds. The molecular weight excluding hydrogens is 314 g/mol. The van der Waals surface area contributed by atoms with Crippen LogP contribution < -0.4 is 10.6 Å². The Morgan fingerprint density at radius 3 is 2.84 bits per heavy atom. The smallest absolute Gasteiger partial charge is 0.315 e. The van der Waals surface area contributed by atoms with Crippen molar-refractivity contribution < 1.29 is 4.79 Å². The predicted molar refractivity (Wildman–Crippen MR) is 96.6 cm³/mol. The highest BCUT2D eigenvalue weighted by Gasteiger charge is 2.36. The van der Waals surface area contributed by atoms with Gasteiger partial charge in [0.2, 0.25) is 0 Å². The summed E-state index contributed by atoms with van der Waals surface area (Å²) < 4.78 is 1.82. The third kappa shape index (κ3) is 3.69. The molecule has 4 rings (SSSR count). The number of amides is 2. The topological polar surface area (TPSA) is 62.2 Å². The fourth-order valence-electron chi connectivity index (χ4n) is 4.01. The molecule has 0 unspecified atom stereocenters. The second kappa shape index (κ2) is 7.27. The highest BCUT2D eigenvalue weighted by Crippen LogP contribution is 2.27. The van der Waals surface area contributed by atoms with Crippen molar-refractivity contribution in [3.05, 3.63) is 48.3 Å². The monoisotopic (exact) mass is 339 g/mol. The molecule has 2 aliphatic heterocycles. The molecular formula is C19H25N5O. The van der Waals surface area contributed by atoms with E-state index in [0.29, 0.717) is 18.6 Å². The molecule has 2 aromatic rings. The van der Waals surface area contributed by atoms with Gasteiger partial charge >= 0.3 is 6.03 Å². The largest absolute Gasteiger partial charge is 0.334 e. The fourth-order valence-corrected chi connectivity index (χ4v) is 4.01. The van der Waals surface area contributed by atoms with Gasteiger partial charge in [0.15, 0.2) is 0 Å². The Morgan fingerprint density at radius 2 is 2.04 bits per heavy atom. The summed E-state index contributed by atoms with van der Waals surface area (Å²) in [5.41, 5.74) is 2.10. The highest BCUT2D eigenvalue weighted by atomic mass is 16.2. The summed E-state index contributed by atoms with van der Waals surface area (Å²) >= 11 is 0. The van der Waals surface area contributed by atoms with Crippen LogP contribution in [0.2, 0.25) is 0 Å². The van der Waals surface area contributed by atoms with Crippen molar-refractivity contribution in [3.8, 4) is 5.69 Å². The van der Waals surface area contributed by atoms with E-state index in [1.54, 1.807) is 6.20 Å². The molecule has 1 aromatic carbocycles. The zero-order chi connectivity index (χ0) is 17.1. The van der Waals surface area contributed by atoms with E-state index in [1.807, 2.05) is 41.2 Å². The van der Waals surface area contributed by atoms with Gasteiger partial charge in [-0.25, -0.2) is 9.48 Å². The molecule has 0 spiro atoms. The minimum Gasteiger partial charge on any atom is -0.334 e. The lowest BCUT2D eigenvalue weighted by atomic mass is 9.99. The molecule has 0 bridgehead atoms. The van der Waals surface area contributed by atoms with E-state index in [9.17, 15) is 4.79 Å². The third-order valence-corrected chi connectivity index (χ3v) is 5.33. The van der Waals surface area contributed by atoms with Gasteiger partial charge in [-0.3, -0.25) is 4.90 Å². The van der Waals surface area contributed by atoms with Gasteiger partial charge in [0.25, 0.3) is 0 Å². The van der Waals surface area contributed by atoms with Crippen LogP contribution in [0.1, 0.15) is 31.2 Å². The van der Waals surface area contributed by atoms with E-state index < -0.39 is 0 Å². The average Bonchev–Trinajstić information content (AvgIpc) is 3.31. The molecule has 0 saturated carbocycles. The van der Waals surface area contributed by atoms with Gasteiger partial charge in [0.05, 0.1) is 5.69 Å². The summed E-state index contributed by atoms with van der Waals surface area (Å²) in [6.45, 7) is 2.84. The van der Waals surface area contributed by atoms with Crippen molar-refractivity contribution in [2.75, 3.05) is 13.1 Å². The lowest BCUT2D eigenvalue weighted by molar-refractivity contribution is 0.179. The first-order chi connectivity index (χ1) is 12.3. The summed E-state index contributed by atoms with van der Waals surface area (Å²) in [5, 5.41) is 10.4. The predicted octanol–water partition coefficient (Wildman–Crippen LogP) is 2.30. The number of hydrogen-bond donors (Lipinski definition) is 2. The van der Waals surface area contributed by atoms with Gasteiger partial charge in [0, 0.05) is 37.6 Å². The number of nitrogens with one attached hydrogen (secondary N) is 2. The third-order valence-electron chi connectivity index (χ3n) is 5.33. The first-order valence-electron chi connectivity index (χ1n) is 9.17. The van der Waals surface area contributed by atoms with Crippen molar-refractivity contribution in [2.45, 2.75) is 44.3 Å². The number of nitrogens with zero attached hydrogens (tertiary/aromatic N) is 3. The summed E-state index contributed by atoms with van der Waals surface area (Å²) in [4.78, 5) is 14.8. The Labute approximate surface area is 148 Å². The lowest BCUT2D eigenvalue weighted by Crippen LogP contribution is -2.49. The zero-order valence-corrected chi connectivity index (χ0v) is 14.4. The van der Waals surface area contributed by atoms with Crippen LogP contribution in [0.15, 0.2) is 42.7 Å². The number of benzene rings is 1. The van der Waals surface area contributed by atoms with Gasteiger partial charge in [-0.2, -0.15) is 5.10 Å². The normalized spacial score (nSPS) is 23.2. The summed E-state index contributed by atoms with van der Waals surface area (Å²) in [6, 6.07) is 10.7. The second-order valence-corrected chi connectivity index (χ2v) is 6.94. The van der Waals surface area contributed by atoms with Crippen LogP contribution in [0.3, 0.4) is 0 Å². The minimum atomic E-state index is -0.0615. The van der Waals surface area contributed by atoms with Gasteiger partial charge < -0.3 is 10.6 Å². The number of piperidine rings is 1. The van der Waals surface area contributed by atoms with E-state index >= 15 is 0 Å². The zero-order valence-electron chi connectivity index (χ0n) is 14.4. The number of carbonyl (C=O) groups is 1. The number of hydrogen-bond acceptors (Lipinski definition) is 3. The SMILES string of the molecule is O=C(NCc1ccc(-n2cccn2)cc1)N[C@@H]1CCN2CCCC[C@H]12. The molecule has 1 aromatic heterocycles. The van der Waals surface area contributed by atoms with Crippen LogP contribution in [-0.2, 0) is 6.54 Å². The van der Waals surface area contributed by atoms with Crippen molar-refractivity contribution in [2.24, 2.45) is 0 Å². The van der Waals surface area contributed by atoms with Crippen LogP contribution in [0.4, 0.5) is 4.79 Å². The van der Waals surface area contributed by atoms with Crippen molar-refractivity contribution in [1.29, 1.82) is 0 Å². The van der Waals surface area contributed by atoms with Crippen LogP contribution in [0.25, 0.3) is 5.69 Å².